The number of piperazine rings is 1. The van der Waals surface area contributed by atoms with Crippen molar-refractivity contribution in [1.29, 1.82) is 0 Å². The molecule has 0 atom stereocenters. The van der Waals surface area contributed by atoms with Crippen LogP contribution in [-0.4, -0.2) is 47.0 Å². The van der Waals surface area contributed by atoms with Crippen molar-refractivity contribution in [2.45, 2.75) is 13.8 Å². The highest BCUT2D eigenvalue weighted by atomic mass is 16.2. The molecular formula is C23H25N5O. The third-order valence-corrected chi connectivity index (χ3v) is 5.22. The number of benzene rings is 2. The van der Waals surface area contributed by atoms with Crippen molar-refractivity contribution in [2.24, 2.45) is 0 Å². The van der Waals surface area contributed by atoms with Gasteiger partial charge in [0.2, 0.25) is 0 Å². The molecule has 0 saturated carbocycles. The molecule has 0 aliphatic carbocycles. The summed E-state index contributed by atoms with van der Waals surface area (Å²) in [7, 11) is 0. The van der Waals surface area contributed by atoms with Crippen LogP contribution in [0, 0.1) is 13.8 Å². The Morgan fingerprint density at radius 1 is 0.931 bits per heavy atom. The lowest BCUT2D eigenvalue weighted by atomic mass is 10.1. The van der Waals surface area contributed by atoms with Gasteiger partial charge in [-0.25, -0.2) is 9.97 Å². The Labute approximate surface area is 171 Å². The fourth-order valence-corrected chi connectivity index (χ4v) is 3.60. The minimum Gasteiger partial charge on any atom is -0.368 e. The normalized spacial score (nSPS) is 14.0. The Balaban J connectivity index is 1.42. The number of nitrogens with zero attached hydrogens (tertiary/aromatic N) is 4. The number of amides is 1. The summed E-state index contributed by atoms with van der Waals surface area (Å²) in [6.45, 7) is 7.10. The summed E-state index contributed by atoms with van der Waals surface area (Å²) in [5.41, 5.74) is 4.93. The van der Waals surface area contributed by atoms with E-state index in [-0.39, 0.29) is 5.91 Å². The number of carbonyl (C=O) groups is 1. The van der Waals surface area contributed by atoms with Crippen molar-refractivity contribution in [3.63, 3.8) is 0 Å². The standard InChI is InChI=1S/C23H25N5O/c1-17-8-9-20(18(2)14-17)26-22-15-21(24-16-25-22)23(29)28-12-10-27(11-13-28)19-6-4-3-5-7-19/h3-9,14-16H,10-13H2,1-2H3,(H,24,25,26). The second kappa shape index (κ2) is 8.31. The van der Waals surface area contributed by atoms with Gasteiger partial charge in [0.1, 0.15) is 17.8 Å². The average Bonchev–Trinajstić information content (AvgIpc) is 2.76. The summed E-state index contributed by atoms with van der Waals surface area (Å²) in [5, 5.41) is 3.30. The SMILES string of the molecule is Cc1ccc(Nc2cc(C(=O)N3CCN(c4ccccc4)CC3)ncn2)c(C)c1. The second-order valence-corrected chi connectivity index (χ2v) is 7.35. The third kappa shape index (κ3) is 4.37. The monoisotopic (exact) mass is 387 g/mol. The Morgan fingerprint density at radius 2 is 1.69 bits per heavy atom. The number of hydrogen-bond donors (Lipinski definition) is 1. The minimum atomic E-state index is -0.0520. The Bertz CT molecular complexity index is 997. The van der Waals surface area contributed by atoms with E-state index in [0.29, 0.717) is 24.6 Å². The maximum atomic E-state index is 12.9. The first-order valence-corrected chi connectivity index (χ1v) is 9.86. The van der Waals surface area contributed by atoms with E-state index < -0.39 is 0 Å². The number of anilines is 3. The van der Waals surface area contributed by atoms with Gasteiger partial charge in [-0.3, -0.25) is 4.79 Å². The van der Waals surface area contributed by atoms with E-state index >= 15 is 0 Å². The fourth-order valence-electron chi connectivity index (χ4n) is 3.60. The first-order valence-electron chi connectivity index (χ1n) is 9.86. The molecule has 1 aromatic heterocycles. The van der Waals surface area contributed by atoms with Crippen molar-refractivity contribution < 1.29 is 4.79 Å². The van der Waals surface area contributed by atoms with Gasteiger partial charge in [-0.2, -0.15) is 0 Å². The van der Waals surface area contributed by atoms with Crippen LogP contribution in [0.4, 0.5) is 17.2 Å². The van der Waals surface area contributed by atoms with E-state index in [9.17, 15) is 4.79 Å². The van der Waals surface area contributed by atoms with E-state index in [2.05, 4.69) is 58.3 Å². The van der Waals surface area contributed by atoms with E-state index in [1.165, 1.54) is 17.6 Å². The third-order valence-electron chi connectivity index (χ3n) is 5.22. The fraction of sp³-hybridized carbons (Fsp3) is 0.261. The van der Waals surface area contributed by atoms with Crippen molar-refractivity contribution >= 4 is 23.1 Å². The van der Waals surface area contributed by atoms with Gasteiger partial charge in [-0.1, -0.05) is 35.9 Å². The van der Waals surface area contributed by atoms with Gasteiger partial charge >= 0.3 is 0 Å². The molecule has 2 heterocycles. The summed E-state index contributed by atoms with van der Waals surface area (Å²) >= 11 is 0. The van der Waals surface area contributed by atoms with Crippen molar-refractivity contribution in [2.75, 3.05) is 36.4 Å². The number of para-hydroxylation sites is 1. The first kappa shape index (κ1) is 18.9. The van der Waals surface area contributed by atoms with Gasteiger partial charge in [-0.15, -0.1) is 0 Å². The Morgan fingerprint density at radius 3 is 2.41 bits per heavy atom. The predicted octanol–water partition coefficient (Wildman–Crippen LogP) is 3.80. The molecule has 0 bridgehead atoms. The summed E-state index contributed by atoms with van der Waals surface area (Å²) in [4.78, 5) is 25.6. The topological polar surface area (TPSA) is 61.4 Å². The molecule has 1 amide bonds. The van der Waals surface area contributed by atoms with E-state index in [0.717, 1.165) is 24.3 Å². The number of hydrogen-bond acceptors (Lipinski definition) is 5. The highest BCUT2D eigenvalue weighted by Crippen LogP contribution is 2.21. The molecule has 0 unspecified atom stereocenters. The lowest BCUT2D eigenvalue weighted by molar-refractivity contribution is 0.0740. The van der Waals surface area contributed by atoms with Crippen LogP contribution < -0.4 is 10.2 Å². The van der Waals surface area contributed by atoms with E-state index in [1.54, 1.807) is 6.07 Å². The summed E-state index contributed by atoms with van der Waals surface area (Å²) in [5.74, 6) is 0.571. The summed E-state index contributed by atoms with van der Waals surface area (Å²) in [6.07, 6.45) is 1.44. The average molecular weight is 387 g/mol. The maximum absolute atomic E-state index is 12.9. The zero-order chi connectivity index (χ0) is 20.2. The van der Waals surface area contributed by atoms with E-state index in [4.69, 9.17) is 0 Å². The molecule has 6 nitrogen and oxygen atoms in total. The quantitative estimate of drug-likeness (QED) is 0.738. The molecule has 6 heteroatoms. The molecule has 1 N–H and O–H groups in total. The zero-order valence-corrected chi connectivity index (χ0v) is 16.8. The molecule has 0 spiro atoms. The first-order chi connectivity index (χ1) is 14.1. The molecule has 1 fully saturated rings. The molecule has 29 heavy (non-hydrogen) atoms. The van der Waals surface area contributed by atoms with E-state index in [1.807, 2.05) is 29.2 Å². The van der Waals surface area contributed by atoms with Crippen LogP contribution in [0.2, 0.25) is 0 Å². The van der Waals surface area contributed by atoms with Gasteiger partial charge in [-0.05, 0) is 37.6 Å². The molecule has 4 rings (SSSR count). The van der Waals surface area contributed by atoms with Crippen LogP contribution in [0.25, 0.3) is 0 Å². The van der Waals surface area contributed by atoms with Crippen LogP contribution in [-0.2, 0) is 0 Å². The lowest BCUT2D eigenvalue weighted by Gasteiger charge is -2.36. The number of carbonyl (C=O) groups excluding carboxylic acids is 1. The summed E-state index contributed by atoms with van der Waals surface area (Å²) in [6, 6.07) is 18.2. The van der Waals surface area contributed by atoms with Crippen LogP contribution in [0.3, 0.4) is 0 Å². The largest absolute Gasteiger partial charge is 0.368 e. The lowest BCUT2D eigenvalue weighted by Crippen LogP contribution is -2.49. The van der Waals surface area contributed by atoms with Crippen LogP contribution in [0.5, 0.6) is 0 Å². The predicted molar refractivity (Wildman–Crippen MR) is 116 cm³/mol. The van der Waals surface area contributed by atoms with Gasteiger partial charge in [0.15, 0.2) is 0 Å². The summed E-state index contributed by atoms with van der Waals surface area (Å²) < 4.78 is 0. The Hall–Kier alpha value is -3.41. The molecule has 1 saturated heterocycles. The molecule has 0 radical (unpaired) electrons. The number of aryl methyl sites for hydroxylation is 2. The second-order valence-electron chi connectivity index (χ2n) is 7.35. The van der Waals surface area contributed by atoms with Gasteiger partial charge < -0.3 is 15.1 Å². The molecule has 1 aliphatic heterocycles. The van der Waals surface area contributed by atoms with Crippen molar-refractivity contribution in [1.82, 2.24) is 14.9 Å². The highest BCUT2D eigenvalue weighted by Gasteiger charge is 2.23. The molecule has 148 valence electrons. The molecule has 3 aromatic rings. The van der Waals surface area contributed by atoms with Crippen LogP contribution >= 0.6 is 0 Å². The molecular weight excluding hydrogens is 362 g/mol. The highest BCUT2D eigenvalue weighted by molar-refractivity contribution is 5.93. The number of rotatable bonds is 4. The van der Waals surface area contributed by atoms with Gasteiger partial charge in [0.05, 0.1) is 0 Å². The molecule has 1 aliphatic rings. The van der Waals surface area contributed by atoms with Gasteiger partial charge in [0.25, 0.3) is 5.91 Å². The van der Waals surface area contributed by atoms with Crippen molar-refractivity contribution in [3.8, 4) is 0 Å². The van der Waals surface area contributed by atoms with Gasteiger partial charge in [0, 0.05) is 43.6 Å². The van der Waals surface area contributed by atoms with Crippen molar-refractivity contribution in [3.05, 3.63) is 77.7 Å². The number of aromatic nitrogens is 2. The van der Waals surface area contributed by atoms with Crippen LogP contribution in [0.1, 0.15) is 21.6 Å². The smallest absolute Gasteiger partial charge is 0.272 e. The minimum absolute atomic E-state index is 0.0520. The Kier molecular flexibility index (Phi) is 5.42. The van der Waals surface area contributed by atoms with Crippen LogP contribution in [0.15, 0.2) is 60.9 Å². The molecule has 2 aromatic carbocycles. The number of nitrogens with one attached hydrogen (secondary N) is 1. The zero-order valence-electron chi connectivity index (χ0n) is 16.8. The maximum Gasteiger partial charge on any atom is 0.272 e.